The Bertz CT molecular complexity index is 558. The highest BCUT2D eigenvalue weighted by Gasteiger charge is 2.05. The summed E-state index contributed by atoms with van der Waals surface area (Å²) in [4.78, 5) is 19.4. The van der Waals surface area contributed by atoms with Gasteiger partial charge >= 0.3 is 0 Å². The Morgan fingerprint density at radius 2 is 2.17 bits per heavy atom. The van der Waals surface area contributed by atoms with Crippen molar-refractivity contribution >= 4 is 23.3 Å². The SMILES string of the molecule is O=C(Cc1cccc(O)c1)Nc1cnc(Cl)cn1. The molecular weight excluding hydrogens is 254 g/mol. The summed E-state index contributed by atoms with van der Waals surface area (Å²) in [5.41, 5.74) is 0.717. The molecule has 0 atom stereocenters. The molecule has 2 aromatic rings. The van der Waals surface area contributed by atoms with Gasteiger partial charge in [0.2, 0.25) is 5.91 Å². The number of nitrogens with one attached hydrogen (secondary N) is 1. The van der Waals surface area contributed by atoms with E-state index in [-0.39, 0.29) is 23.2 Å². The molecule has 1 aromatic carbocycles. The minimum absolute atomic E-state index is 0.131. The third kappa shape index (κ3) is 3.43. The molecule has 0 fully saturated rings. The van der Waals surface area contributed by atoms with Gasteiger partial charge in [-0.15, -0.1) is 0 Å². The molecule has 92 valence electrons. The van der Waals surface area contributed by atoms with E-state index in [9.17, 15) is 9.90 Å². The van der Waals surface area contributed by atoms with Gasteiger partial charge in [-0.3, -0.25) is 4.79 Å². The summed E-state index contributed by atoms with van der Waals surface area (Å²) in [7, 11) is 0. The van der Waals surface area contributed by atoms with Gasteiger partial charge < -0.3 is 10.4 Å². The van der Waals surface area contributed by atoms with Crippen molar-refractivity contribution in [3.63, 3.8) is 0 Å². The van der Waals surface area contributed by atoms with Crippen LogP contribution in [-0.4, -0.2) is 21.0 Å². The molecular formula is C12H10ClN3O2. The quantitative estimate of drug-likeness (QED) is 0.888. The Morgan fingerprint density at radius 3 is 2.83 bits per heavy atom. The number of phenols is 1. The van der Waals surface area contributed by atoms with Crippen LogP contribution < -0.4 is 5.32 Å². The van der Waals surface area contributed by atoms with Gasteiger partial charge in [0.25, 0.3) is 0 Å². The van der Waals surface area contributed by atoms with Gasteiger partial charge in [-0.2, -0.15) is 0 Å². The van der Waals surface area contributed by atoms with Crippen molar-refractivity contribution in [2.75, 3.05) is 5.32 Å². The second-order valence-electron chi connectivity index (χ2n) is 3.62. The molecule has 2 N–H and O–H groups in total. The summed E-state index contributed by atoms with van der Waals surface area (Å²) in [5.74, 6) is 0.230. The Hall–Kier alpha value is -2.14. The number of nitrogens with zero attached hydrogens (tertiary/aromatic N) is 2. The maximum absolute atomic E-state index is 11.7. The van der Waals surface area contributed by atoms with Crippen molar-refractivity contribution < 1.29 is 9.90 Å². The molecule has 0 spiro atoms. The number of aromatic hydroxyl groups is 1. The maximum atomic E-state index is 11.7. The second kappa shape index (κ2) is 5.46. The topological polar surface area (TPSA) is 75.1 Å². The van der Waals surface area contributed by atoms with E-state index in [1.807, 2.05) is 0 Å². The van der Waals surface area contributed by atoms with E-state index in [0.29, 0.717) is 5.82 Å². The molecule has 0 saturated heterocycles. The van der Waals surface area contributed by atoms with Crippen molar-refractivity contribution in [2.24, 2.45) is 0 Å². The number of benzene rings is 1. The Balaban J connectivity index is 1.98. The van der Waals surface area contributed by atoms with Crippen LogP contribution in [0.4, 0.5) is 5.82 Å². The first-order valence-electron chi connectivity index (χ1n) is 5.19. The van der Waals surface area contributed by atoms with E-state index in [1.165, 1.54) is 18.5 Å². The average Bonchev–Trinajstić information content (AvgIpc) is 2.32. The molecule has 0 unspecified atom stereocenters. The Kier molecular flexibility index (Phi) is 3.74. The van der Waals surface area contributed by atoms with Gasteiger partial charge in [0, 0.05) is 0 Å². The first-order chi connectivity index (χ1) is 8.63. The molecule has 0 bridgehead atoms. The summed E-state index contributed by atoms with van der Waals surface area (Å²) in [6, 6.07) is 6.52. The molecule has 0 aliphatic carbocycles. The molecule has 1 amide bonds. The number of rotatable bonds is 3. The molecule has 2 rings (SSSR count). The fourth-order valence-electron chi connectivity index (χ4n) is 1.42. The van der Waals surface area contributed by atoms with Gasteiger partial charge in [-0.1, -0.05) is 23.7 Å². The van der Waals surface area contributed by atoms with E-state index >= 15 is 0 Å². The number of hydrogen-bond donors (Lipinski definition) is 2. The third-order valence-electron chi connectivity index (χ3n) is 2.16. The second-order valence-corrected chi connectivity index (χ2v) is 4.01. The standard InChI is InChI=1S/C12H10ClN3O2/c13-10-6-15-11(7-14-10)16-12(18)5-8-2-1-3-9(17)4-8/h1-4,6-7,17H,5H2,(H,15,16,18). The number of aromatic nitrogens is 2. The Labute approximate surface area is 108 Å². The predicted octanol–water partition coefficient (Wildman–Crippen LogP) is 2.02. The Morgan fingerprint density at radius 1 is 1.33 bits per heavy atom. The highest BCUT2D eigenvalue weighted by molar-refractivity contribution is 6.29. The van der Waals surface area contributed by atoms with Gasteiger partial charge in [0.05, 0.1) is 18.8 Å². The van der Waals surface area contributed by atoms with Crippen molar-refractivity contribution in [3.8, 4) is 5.75 Å². The molecule has 0 radical (unpaired) electrons. The van der Waals surface area contributed by atoms with Gasteiger partial charge in [0.15, 0.2) is 5.82 Å². The highest BCUT2D eigenvalue weighted by atomic mass is 35.5. The lowest BCUT2D eigenvalue weighted by Crippen LogP contribution is -2.15. The molecule has 5 nitrogen and oxygen atoms in total. The van der Waals surface area contributed by atoms with Crippen LogP contribution in [0, 0.1) is 0 Å². The van der Waals surface area contributed by atoms with Gasteiger partial charge in [0.1, 0.15) is 10.9 Å². The molecule has 1 aromatic heterocycles. The van der Waals surface area contributed by atoms with Crippen LogP contribution in [0.1, 0.15) is 5.56 Å². The molecule has 0 saturated carbocycles. The van der Waals surface area contributed by atoms with Crippen LogP contribution in [0.3, 0.4) is 0 Å². The lowest BCUT2D eigenvalue weighted by molar-refractivity contribution is -0.115. The number of amides is 1. The zero-order valence-corrected chi connectivity index (χ0v) is 10.1. The molecule has 0 aliphatic rings. The third-order valence-corrected chi connectivity index (χ3v) is 2.36. The van der Waals surface area contributed by atoms with Crippen LogP contribution >= 0.6 is 11.6 Å². The summed E-state index contributed by atoms with van der Waals surface area (Å²) in [5, 5.41) is 12.1. The smallest absolute Gasteiger partial charge is 0.229 e. The highest BCUT2D eigenvalue weighted by Crippen LogP contribution is 2.12. The normalized spacial score (nSPS) is 10.1. The molecule has 18 heavy (non-hydrogen) atoms. The largest absolute Gasteiger partial charge is 0.508 e. The van der Waals surface area contributed by atoms with Crippen LogP contribution in [-0.2, 0) is 11.2 Å². The van der Waals surface area contributed by atoms with Crippen molar-refractivity contribution in [1.29, 1.82) is 0 Å². The van der Waals surface area contributed by atoms with E-state index in [2.05, 4.69) is 15.3 Å². The monoisotopic (exact) mass is 263 g/mol. The van der Waals surface area contributed by atoms with Crippen LogP contribution in [0.2, 0.25) is 5.15 Å². The van der Waals surface area contributed by atoms with E-state index < -0.39 is 0 Å². The minimum Gasteiger partial charge on any atom is -0.508 e. The number of carbonyl (C=O) groups excluding carboxylic acids is 1. The number of carbonyl (C=O) groups is 1. The molecule has 1 heterocycles. The zero-order valence-electron chi connectivity index (χ0n) is 9.30. The summed E-state index contributed by atoms with van der Waals surface area (Å²) in [6.07, 6.45) is 2.88. The summed E-state index contributed by atoms with van der Waals surface area (Å²) < 4.78 is 0. The fraction of sp³-hybridized carbons (Fsp3) is 0.0833. The minimum atomic E-state index is -0.239. The summed E-state index contributed by atoms with van der Waals surface area (Å²) in [6.45, 7) is 0. The van der Waals surface area contributed by atoms with Gasteiger partial charge in [-0.25, -0.2) is 9.97 Å². The van der Waals surface area contributed by atoms with Crippen molar-refractivity contribution in [3.05, 3.63) is 47.4 Å². The van der Waals surface area contributed by atoms with Crippen molar-refractivity contribution in [2.45, 2.75) is 6.42 Å². The predicted molar refractivity (Wildman–Crippen MR) is 67.5 cm³/mol. The van der Waals surface area contributed by atoms with Crippen LogP contribution in [0.25, 0.3) is 0 Å². The molecule has 0 aliphatic heterocycles. The average molecular weight is 264 g/mol. The number of hydrogen-bond acceptors (Lipinski definition) is 4. The van der Waals surface area contributed by atoms with E-state index in [4.69, 9.17) is 11.6 Å². The van der Waals surface area contributed by atoms with E-state index in [1.54, 1.807) is 18.2 Å². The van der Waals surface area contributed by atoms with Crippen LogP contribution in [0.15, 0.2) is 36.7 Å². The first kappa shape index (κ1) is 12.3. The van der Waals surface area contributed by atoms with Crippen molar-refractivity contribution in [1.82, 2.24) is 9.97 Å². The number of anilines is 1. The fourth-order valence-corrected chi connectivity index (χ4v) is 1.51. The lowest BCUT2D eigenvalue weighted by atomic mass is 10.1. The first-order valence-corrected chi connectivity index (χ1v) is 5.56. The van der Waals surface area contributed by atoms with E-state index in [0.717, 1.165) is 5.56 Å². The van der Waals surface area contributed by atoms with Crippen LogP contribution in [0.5, 0.6) is 5.75 Å². The van der Waals surface area contributed by atoms with Gasteiger partial charge in [-0.05, 0) is 17.7 Å². The number of halogens is 1. The lowest BCUT2D eigenvalue weighted by Gasteiger charge is -2.04. The summed E-state index contributed by atoms with van der Waals surface area (Å²) >= 11 is 5.58. The number of phenolic OH excluding ortho intramolecular Hbond substituents is 1. The maximum Gasteiger partial charge on any atom is 0.229 e. The zero-order chi connectivity index (χ0) is 13.0. The molecule has 6 heteroatoms.